The molecule has 0 aliphatic heterocycles. The van der Waals surface area contributed by atoms with Crippen molar-refractivity contribution < 1.29 is 41.0 Å². The van der Waals surface area contributed by atoms with Gasteiger partial charge in [-0.05, 0) is 42.9 Å². The third kappa shape index (κ3) is 7.11. The Labute approximate surface area is 176 Å². The van der Waals surface area contributed by atoms with E-state index in [1.54, 1.807) is 0 Å². The Kier molecular flexibility index (Phi) is 8.31. The van der Waals surface area contributed by atoms with Gasteiger partial charge in [0.1, 0.15) is 5.78 Å². The minimum atomic E-state index is -4.94. The molecule has 0 radical (unpaired) electrons. The van der Waals surface area contributed by atoms with Crippen LogP contribution in [0.3, 0.4) is 0 Å². The molecule has 31 heavy (non-hydrogen) atoms. The zero-order valence-corrected chi connectivity index (χ0v) is 16.7. The summed E-state index contributed by atoms with van der Waals surface area (Å²) >= 11 is 0. The smallest absolute Gasteiger partial charge is 0.417 e. The van der Waals surface area contributed by atoms with Crippen LogP contribution >= 0.6 is 0 Å². The number of alkyl halides is 6. The predicted octanol–water partition coefficient (Wildman–Crippen LogP) is 6.76. The van der Waals surface area contributed by atoms with Gasteiger partial charge in [-0.2, -0.15) is 26.3 Å². The van der Waals surface area contributed by atoms with Crippen molar-refractivity contribution in [2.75, 3.05) is 0 Å². The zero-order chi connectivity index (χ0) is 23.2. The van der Waals surface area contributed by atoms with Crippen LogP contribution in [0, 0.1) is 11.8 Å². The van der Waals surface area contributed by atoms with Crippen LogP contribution < -0.4 is 0 Å². The first-order valence-corrected chi connectivity index (χ1v) is 10.1. The standard InChI is InChI=1S/C22H24F6O3/c23-21(24,25)17-7-5-8-18(22(26,27)28)16(17)12-10-14-11-13-19(29)15(14)6-3-1-2-4-9-20(30)31/h5,7-8,10,12,14-15H,1-4,6,9,11,13H2,(H,30,31)/t14-,15+/m1/s1. The molecule has 0 saturated heterocycles. The van der Waals surface area contributed by atoms with E-state index in [0.29, 0.717) is 50.7 Å². The van der Waals surface area contributed by atoms with E-state index in [1.807, 2.05) is 0 Å². The molecule has 0 bridgehead atoms. The number of aliphatic carboxylic acids is 1. The molecule has 172 valence electrons. The fourth-order valence-electron chi connectivity index (χ4n) is 3.99. The SMILES string of the molecule is O=C(O)CCCCCC[C@@H]1C(=O)CC[C@H]1C=Cc1c(C(F)(F)F)cccc1C(F)(F)F. The fourth-order valence-corrected chi connectivity index (χ4v) is 3.99. The number of allylic oxidation sites excluding steroid dienone is 1. The highest BCUT2D eigenvalue weighted by Crippen LogP contribution is 2.41. The Hall–Kier alpha value is -2.32. The molecule has 1 N–H and O–H groups in total. The first-order valence-electron chi connectivity index (χ1n) is 10.1. The molecular weight excluding hydrogens is 426 g/mol. The van der Waals surface area contributed by atoms with E-state index in [-0.39, 0.29) is 18.6 Å². The Morgan fingerprint density at radius 3 is 2.13 bits per heavy atom. The topological polar surface area (TPSA) is 54.4 Å². The van der Waals surface area contributed by atoms with Crippen molar-refractivity contribution >= 4 is 17.8 Å². The van der Waals surface area contributed by atoms with Crippen LogP contribution in [0.2, 0.25) is 0 Å². The van der Waals surface area contributed by atoms with Gasteiger partial charge in [0.15, 0.2) is 0 Å². The third-order valence-corrected chi connectivity index (χ3v) is 5.54. The summed E-state index contributed by atoms with van der Waals surface area (Å²) in [6.45, 7) is 0. The van der Waals surface area contributed by atoms with Crippen LogP contribution in [0.25, 0.3) is 6.08 Å². The lowest BCUT2D eigenvalue weighted by molar-refractivity contribution is -0.143. The summed E-state index contributed by atoms with van der Waals surface area (Å²) in [6.07, 6.45) is -4.00. The average Bonchev–Trinajstić information content (AvgIpc) is 3.00. The van der Waals surface area contributed by atoms with Crippen LogP contribution in [-0.2, 0) is 21.9 Å². The number of carbonyl (C=O) groups excluding carboxylic acids is 1. The number of halogens is 6. The Morgan fingerprint density at radius 2 is 1.58 bits per heavy atom. The number of ketones is 1. The second-order valence-electron chi connectivity index (χ2n) is 7.74. The van der Waals surface area contributed by atoms with Gasteiger partial charge in [0, 0.05) is 18.8 Å². The van der Waals surface area contributed by atoms with Crippen molar-refractivity contribution in [1.29, 1.82) is 0 Å². The molecular formula is C22H24F6O3. The van der Waals surface area contributed by atoms with E-state index in [2.05, 4.69) is 0 Å². The Morgan fingerprint density at radius 1 is 1.00 bits per heavy atom. The molecule has 0 heterocycles. The molecule has 0 aromatic heterocycles. The molecule has 9 heteroatoms. The van der Waals surface area contributed by atoms with Crippen molar-refractivity contribution in [3.05, 3.63) is 41.0 Å². The molecule has 1 aliphatic carbocycles. The highest BCUT2D eigenvalue weighted by Gasteiger charge is 2.40. The molecule has 2 rings (SSSR count). The summed E-state index contributed by atoms with van der Waals surface area (Å²) in [5.41, 5.74) is -3.66. The van der Waals surface area contributed by atoms with Crippen molar-refractivity contribution in [3.8, 4) is 0 Å². The number of benzene rings is 1. The number of carboxylic acids is 1. The molecule has 1 aromatic carbocycles. The average molecular weight is 450 g/mol. The lowest BCUT2D eigenvalue weighted by atomic mass is 9.88. The molecule has 0 amide bonds. The van der Waals surface area contributed by atoms with Crippen LogP contribution in [0.15, 0.2) is 24.3 Å². The quantitative estimate of drug-likeness (QED) is 0.334. The van der Waals surface area contributed by atoms with Crippen LogP contribution in [0.4, 0.5) is 26.3 Å². The normalized spacial score (nSPS) is 20.0. The van der Waals surface area contributed by atoms with Gasteiger partial charge < -0.3 is 5.11 Å². The first kappa shape index (κ1) is 24.9. The van der Waals surface area contributed by atoms with E-state index in [4.69, 9.17) is 5.11 Å². The van der Waals surface area contributed by atoms with E-state index < -0.39 is 46.8 Å². The van der Waals surface area contributed by atoms with Crippen molar-refractivity contribution in [1.82, 2.24) is 0 Å². The lowest BCUT2D eigenvalue weighted by Gasteiger charge is -2.18. The van der Waals surface area contributed by atoms with Crippen LogP contribution in [0.5, 0.6) is 0 Å². The number of Topliss-reactive ketones (excluding diaryl/α,β-unsaturated/α-hetero) is 1. The molecule has 1 saturated carbocycles. The van der Waals surface area contributed by atoms with E-state index in [9.17, 15) is 35.9 Å². The minimum absolute atomic E-state index is 0.0414. The summed E-state index contributed by atoms with van der Waals surface area (Å²) in [7, 11) is 0. The second kappa shape index (κ2) is 10.3. The maximum atomic E-state index is 13.3. The van der Waals surface area contributed by atoms with E-state index in [0.717, 1.165) is 12.1 Å². The van der Waals surface area contributed by atoms with E-state index in [1.165, 1.54) is 6.08 Å². The van der Waals surface area contributed by atoms with Gasteiger partial charge >= 0.3 is 18.3 Å². The number of unbranched alkanes of at least 4 members (excludes halogenated alkanes) is 3. The van der Waals surface area contributed by atoms with Gasteiger partial charge in [0.2, 0.25) is 0 Å². The molecule has 1 fully saturated rings. The van der Waals surface area contributed by atoms with Crippen molar-refractivity contribution in [3.63, 3.8) is 0 Å². The first-order chi connectivity index (χ1) is 14.4. The van der Waals surface area contributed by atoms with Crippen LogP contribution in [-0.4, -0.2) is 16.9 Å². The predicted molar refractivity (Wildman–Crippen MR) is 102 cm³/mol. The molecule has 0 spiro atoms. The number of rotatable bonds is 9. The van der Waals surface area contributed by atoms with Crippen molar-refractivity contribution in [2.24, 2.45) is 11.8 Å². The number of carbonyl (C=O) groups is 2. The van der Waals surface area contributed by atoms with Gasteiger partial charge in [-0.15, -0.1) is 0 Å². The third-order valence-electron chi connectivity index (χ3n) is 5.54. The molecule has 3 nitrogen and oxygen atoms in total. The van der Waals surface area contributed by atoms with Gasteiger partial charge in [0.05, 0.1) is 11.1 Å². The minimum Gasteiger partial charge on any atom is -0.481 e. The summed E-state index contributed by atoms with van der Waals surface area (Å²) in [6, 6.07) is 1.96. The Balaban J connectivity index is 2.14. The maximum absolute atomic E-state index is 13.3. The highest BCUT2D eigenvalue weighted by atomic mass is 19.4. The second-order valence-corrected chi connectivity index (χ2v) is 7.74. The summed E-state index contributed by atoms with van der Waals surface area (Å²) < 4.78 is 79.7. The maximum Gasteiger partial charge on any atom is 0.417 e. The van der Waals surface area contributed by atoms with Gasteiger partial charge in [0.25, 0.3) is 0 Å². The van der Waals surface area contributed by atoms with Crippen molar-refractivity contribution in [2.45, 2.75) is 63.7 Å². The van der Waals surface area contributed by atoms with Gasteiger partial charge in [-0.25, -0.2) is 0 Å². The number of hydrogen-bond donors (Lipinski definition) is 1. The molecule has 2 atom stereocenters. The number of carboxylic acid groups (broad SMARTS) is 1. The fraction of sp³-hybridized carbons (Fsp3) is 0.545. The van der Waals surface area contributed by atoms with Gasteiger partial charge in [-0.3, -0.25) is 9.59 Å². The summed E-state index contributed by atoms with van der Waals surface area (Å²) in [5, 5.41) is 8.61. The largest absolute Gasteiger partial charge is 0.481 e. The number of hydrogen-bond acceptors (Lipinski definition) is 2. The monoisotopic (exact) mass is 450 g/mol. The zero-order valence-electron chi connectivity index (χ0n) is 16.7. The molecule has 1 aromatic rings. The summed E-state index contributed by atoms with van der Waals surface area (Å²) in [5.74, 6) is -1.79. The van der Waals surface area contributed by atoms with Gasteiger partial charge in [-0.1, -0.05) is 37.5 Å². The Bertz CT molecular complexity index is 778. The summed E-state index contributed by atoms with van der Waals surface area (Å²) in [4.78, 5) is 22.7. The molecule has 0 unspecified atom stereocenters. The molecule has 1 aliphatic rings. The van der Waals surface area contributed by atoms with Crippen LogP contribution in [0.1, 0.15) is 68.1 Å². The highest BCUT2D eigenvalue weighted by molar-refractivity contribution is 5.84. The van der Waals surface area contributed by atoms with E-state index >= 15 is 0 Å². The lowest BCUT2D eigenvalue weighted by Crippen LogP contribution is -2.15.